The third-order valence-corrected chi connectivity index (χ3v) is 10.2. The number of nitrogens with one attached hydrogen (secondary N) is 1. The number of ether oxygens (including phenoxy) is 1. The highest BCUT2D eigenvalue weighted by Gasteiger charge is 2.33. The average molecular weight is 570 g/mol. The van der Waals surface area contributed by atoms with Crippen LogP contribution in [-0.2, 0) is 29.0 Å². The molecule has 1 amide bonds. The van der Waals surface area contributed by atoms with Crippen LogP contribution in [0.4, 0.5) is 0 Å². The molecule has 0 saturated heterocycles. The minimum atomic E-state index is -0.180. The Hall–Kier alpha value is -2.14. The molecule has 3 aromatic heterocycles. The average Bonchev–Trinajstić information content (AvgIpc) is 3.50. The van der Waals surface area contributed by atoms with E-state index in [1.807, 2.05) is 6.07 Å². The van der Waals surface area contributed by atoms with Crippen molar-refractivity contribution in [3.8, 4) is 0 Å². The van der Waals surface area contributed by atoms with Crippen LogP contribution in [0.2, 0.25) is 0 Å². The van der Waals surface area contributed by atoms with E-state index in [0.29, 0.717) is 11.8 Å². The highest BCUT2D eigenvalue weighted by Crippen LogP contribution is 2.42. The van der Waals surface area contributed by atoms with Gasteiger partial charge in [-0.1, -0.05) is 67.7 Å². The van der Waals surface area contributed by atoms with Crippen LogP contribution in [0.15, 0.2) is 40.6 Å². The minimum Gasteiger partial charge on any atom is -0.369 e. The van der Waals surface area contributed by atoms with Gasteiger partial charge >= 0.3 is 0 Å². The summed E-state index contributed by atoms with van der Waals surface area (Å²) in [4.78, 5) is 20.1. The second-order valence-electron chi connectivity index (χ2n) is 10.1. The van der Waals surface area contributed by atoms with E-state index in [9.17, 15) is 4.79 Å². The molecule has 2 atom stereocenters. The second-order valence-corrected chi connectivity index (χ2v) is 13.2. The van der Waals surface area contributed by atoms with Gasteiger partial charge in [-0.05, 0) is 50.7 Å². The highest BCUT2D eigenvalue weighted by molar-refractivity contribution is 8.00. The summed E-state index contributed by atoms with van der Waals surface area (Å²) in [6.07, 6.45) is 4.68. The molecule has 7 nitrogen and oxygen atoms in total. The number of carbonyl (C=O) groups excluding carboxylic acids is 1. The molecule has 1 aliphatic rings. The van der Waals surface area contributed by atoms with Gasteiger partial charge in [0.25, 0.3) is 0 Å². The van der Waals surface area contributed by atoms with E-state index in [-0.39, 0.29) is 23.3 Å². The first kappa shape index (κ1) is 27.4. The predicted molar refractivity (Wildman–Crippen MR) is 157 cm³/mol. The van der Waals surface area contributed by atoms with Crippen molar-refractivity contribution in [2.45, 2.75) is 88.4 Å². The summed E-state index contributed by atoms with van der Waals surface area (Å²) in [5.41, 5.74) is 3.24. The number of rotatable bonds is 11. The van der Waals surface area contributed by atoms with E-state index in [2.05, 4.69) is 71.9 Å². The quantitative estimate of drug-likeness (QED) is 0.167. The number of hydrogen-bond acceptors (Lipinski definition) is 8. The van der Waals surface area contributed by atoms with Crippen molar-refractivity contribution < 1.29 is 9.53 Å². The molecule has 0 unspecified atom stereocenters. The largest absolute Gasteiger partial charge is 0.369 e. The first-order chi connectivity index (χ1) is 18.4. The van der Waals surface area contributed by atoms with Crippen LogP contribution >= 0.6 is 34.9 Å². The van der Waals surface area contributed by atoms with E-state index < -0.39 is 0 Å². The first-order valence-corrected chi connectivity index (χ1v) is 16.1. The molecule has 5 rings (SSSR count). The zero-order valence-electron chi connectivity index (χ0n) is 22.5. The molecule has 4 aromatic rings. The summed E-state index contributed by atoms with van der Waals surface area (Å²) >= 11 is 4.85. The molecule has 1 aromatic carbocycles. The van der Waals surface area contributed by atoms with Crippen molar-refractivity contribution in [1.29, 1.82) is 0 Å². The highest BCUT2D eigenvalue weighted by atomic mass is 32.2. The summed E-state index contributed by atoms with van der Waals surface area (Å²) in [6, 6.07) is 10.5. The van der Waals surface area contributed by atoms with Crippen molar-refractivity contribution in [2.24, 2.45) is 0 Å². The zero-order chi connectivity index (χ0) is 26.7. The lowest BCUT2D eigenvalue weighted by Crippen LogP contribution is -2.34. The molecule has 4 heterocycles. The summed E-state index contributed by atoms with van der Waals surface area (Å²) < 4.78 is 8.27. The molecule has 0 radical (unpaired) electrons. The number of thioether (sulfide) groups is 2. The van der Waals surface area contributed by atoms with Crippen LogP contribution in [0.1, 0.15) is 63.0 Å². The predicted octanol–water partition coefficient (Wildman–Crippen LogP) is 6.31. The van der Waals surface area contributed by atoms with Gasteiger partial charge in [0, 0.05) is 23.1 Å². The van der Waals surface area contributed by atoms with E-state index >= 15 is 0 Å². The minimum absolute atomic E-state index is 0.00730. The van der Waals surface area contributed by atoms with Gasteiger partial charge in [-0.3, -0.25) is 4.79 Å². The Labute approximate surface area is 236 Å². The molecule has 0 aliphatic carbocycles. The first-order valence-electron chi connectivity index (χ1n) is 13.3. The number of benzene rings is 1. The smallest absolute Gasteiger partial charge is 0.230 e. The molecule has 0 saturated carbocycles. The van der Waals surface area contributed by atoms with Gasteiger partial charge in [-0.15, -0.1) is 21.5 Å². The molecule has 0 bridgehead atoms. The topological polar surface area (TPSA) is 81.4 Å². The molecule has 202 valence electrons. The van der Waals surface area contributed by atoms with E-state index in [1.54, 1.807) is 23.1 Å². The number of fused-ring (bicyclic) bond motifs is 5. The van der Waals surface area contributed by atoms with Gasteiger partial charge < -0.3 is 10.1 Å². The lowest BCUT2D eigenvalue weighted by Gasteiger charge is -2.33. The van der Waals surface area contributed by atoms with E-state index in [1.165, 1.54) is 27.8 Å². The molecule has 0 fully saturated rings. The maximum absolute atomic E-state index is 12.8. The molecule has 0 spiro atoms. The Morgan fingerprint density at radius 3 is 2.79 bits per heavy atom. The fourth-order valence-corrected chi connectivity index (χ4v) is 7.48. The number of aryl methyl sites for hydroxylation is 1. The standard InChI is InChI=1S/C28H35N5O2S3/c1-5-14-36-26-30-25-23(20-15-28(4,6-2)35-16-21(20)38-25)24-31-32-27(33(24)26)37-17-22(34)29-18(3)12-13-19-10-8-7-9-11-19/h7-11,18H,5-6,12-17H2,1-4H3,(H,29,34)/t18-,28-/m1/s1. The van der Waals surface area contributed by atoms with Crippen LogP contribution in [0.3, 0.4) is 0 Å². The van der Waals surface area contributed by atoms with Crippen LogP contribution in [0, 0.1) is 0 Å². The Balaban J connectivity index is 1.36. The summed E-state index contributed by atoms with van der Waals surface area (Å²) in [5, 5.41) is 15.0. The number of nitrogens with zero attached hydrogens (tertiary/aromatic N) is 4. The molecule has 1 aliphatic heterocycles. The van der Waals surface area contributed by atoms with Gasteiger partial charge in [0.1, 0.15) is 4.83 Å². The fraction of sp³-hybridized carbons (Fsp3) is 0.500. The Bertz CT molecular complexity index is 1420. The number of hydrogen-bond donors (Lipinski definition) is 1. The van der Waals surface area contributed by atoms with Crippen LogP contribution in [-0.4, -0.2) is 48.6 Å². The van der Waals surface area contributed by atoms with E-state index in [4.69, 9.17) is 9.72 Å². The van der Waals surface area contributed by atoms with Crippen molar-refractivity contribution in [2.75, 3.05) is 11.5 Å². The number of thiophene rings is 1. The van der Waals surface area contributed by atoms with Crippen molar-refractivity contribution in [3.05, 3.63) is 46.3 Å². The Morgan fingerprint density at radius 1 is 1.21 bits per heavy atom. The maximum Gasteiger partial charge on any atom is 0.230 e. The van der Waals surface area contributed by atoms with Crippen LogP contribution < -0.4 is 5.32 Å². The van der Waals surface area contributed by atoms with Gasteiger partial charge in [0.15, 0.2) is 16.0 Å². The SMILES string of the molecule is CCCSc1nc2sc3c(c2c2nnc(SCC(=O)N[C@H](C)CCc4ccccc4)n12)C[C@@](C)(CC)OC3. The summed E-state index contributed by atoms with van der Waals surface area (Å²) in [6.45, 7) is 9.20. The lowest BCUT2D eigenvalue weighted by atomic mass is 9.90. The molecule has 10 heteroatoms. The second kappa shape index (κ2) is 11.9. The number of aromatic nitrogens is 4. The maximum atomic E-state index is 12.8. The zero-order valence-corrected chi connectivity index (χ0v) is 24.9. The van der Waals surface area contributed by atoms with Crippen molar-refractivity contribution >= 4 is 56.6 Å². The van der Waals surface area contributed by atoms with Crippen LogP contribution in [0.5, 0.6) is 0 Å². The fourth-order valence-electron chi connectivity index (χ4n) is 4.67. The third-order valence-electron chi connectivity index (χ3n) is 7.05. The number of amides is 1. The van der Waals surface area contributed by atoms with Crippen LogP contribution in [0.25, 0.3) is 15.9 Å². The van der Waals surface area contributed by atoms with Crippen molar-refractivity contribution in [1.82, 2.24) is 24.9 Å². The summed E-state index contributed by atoms with van der Waals surface area (Å²) in [7, 11) is 0. The normalized spacial score (nSPS) is 18.1. The van der Waals surface area contributed by atoms with Gasteiger partial charge in [0.2, 0.25) is 5.91 Å². The number of carbonyl (C=O) groups is 1. The molecule has 1 N–H and O–H groups in total. The monoisotopic (exact) mass is 569 g/mol. The van der Waals surface area contributed by atoms with Gasteiger partial charge in [-0.2, -0.15) is 0 Å². The Morgan fingerprint density at radius 2 is 2.03 bits per heavy atom. The van der Waals surface area contributed by atoms with Crippen molar-refractivity contribution in [3.63, 3.8) is 0 Å². The Kier molecular flexibility index (Phi) is 8.62. The lowest BCUT2D eigenvalue weighted by molar-refractivity contribution is -0.119. The summed E-state index contributed by atoms with van der Waals surface area (Å²) in [5.74, 6) is 1.25. The van der Waals surface area contributed by atoms with Gasteiger partial charge in [0.05, 0.1) is 23.3 Å². The third kappa shape index (κ3) is 5.88. The molecular formula is C28H35N5O2S3. The molecular weight excluding hydrogens is 535 g/mol. The van der Waals surface area contributed by atoms with E-state index in [0.717, 1.165) is 58.9 Å². The van der Waals surface area contributed by atoms with Gasteiger partial charge in [-0.25, -0.2) is 9.38 Å². The molecule has 38 heavy (non-hydrogen) atoms.